The number of hydrogen-bond donors (Lipinski definition) is 0. The van der Waals surface area contributed by atoms with Gasteiger partial charge in [0.05, 0.1) is 17.2 Å². The van der Waals surface area contributed by atoms with Crippen molar-refractivity contribution in [3.8, 4) is 0 Å². The highest BCUT2D eigenvalue weighted by molar-refractivity contribution is 7.07. The molecule has 1 aromatic carbocycles. The third-order valence-corrected chi connectivity index (χ3v) is 2.91. The minimum atomic E-state index is 0.242. The summed E-state index contributed by atoms with van der Waals surface area (Å²) in [4.78, 5) is 6.55. The number of aromatic nitrogens is 1. The van der Waals surface area contributed by atoms with Crippen LogP contribution in [-0.2, 0) is 0 Å². The number of thiazole rings is 1. The van der Waals surface area contributed by atoms with Gasteiger partial charge < -0.3 is 0 Å². The first-order valence-corrected chi connectivity index (χ1v) is 5.74. The second-order valence-electron chi connectivity index (χ2n) is 3.61. The van der Waals surface area contributed by atoms with Crippen molar-refractivity contribution in [2.75, 3.05) is 14.1 Å². The van der Waals surface area contributed by atoms with Crippen LogP contribution in [0.2, 0.25) is 0 Å². The number of nitrogens with zero attached hydrogens (tertiary/aromatic N) is 2. The maximum Gasteiger partial charge on any atom is 0.0795 e. The van der Waals surface area contributed by atoms with Gasteiger partial charge in [-0.05, 0) is 25.7 Å². The van der Waals surface area contributed by atoms with Crippen LogP contribution < -0.4 is 0 Å². The Morgan fingerprint density at radius 2 is 2.07 bits per heavy atom. The van der Waals surface area contributed by atoms with Crippen LogP contribution in [0.1, 0.15) is 17.3 Å². The summed E-state index contributed by atoms with van der Waals surface area (Å²) in [6.07, 6.45) is 0. The molecule has 1 heterocycles. The van der Waals surface area contributed by atoms with Crippen molar-refractivity contribution in [3.63, 3.8) is 0 Å². The largest absolute Gasteiger partial charge is 0.297 e. The van der Waals surface area contributed by atoms with Gasteiger partial charge in [0.15, 0.2) is 0 Å². The molecule has 0 saturated carbocycles. The zero-order valence-electron chi connectivity index (χ0n) is 8.84. The van der Waals surface area contributed by atoms with Crippen molar-refractivity contribution in [3.05, 3.63) is 52.5 Å². The highest BCUT2D eigenvalue weighted by Crippen LogP contribution is 2.25. The van der Waals surface area contributed by atoms with Crippen molar-refractivity contribution in [2.45, 2.75) is 6.04 Å². The standard InChI is InChI=1S/C12H13N2S/c1-14(2)12(11-8-15-9-13-11)10-6-4-3-5-7-10/h4-9,12H,1-2H3. The van der Waals surface area contributed by atoms with E-state index in [1.807, 2.05) is 17.6 Å². The van der Waals surface area contributed by atoms with E-state index >= 15 is 0 Å². The molecule has 1 aromatic heterocycles. The molecule has 0 fully saturated rings. The number of rotatable bonds is 3. The van der Waals surface area contributed by atoms with Crippen LogP contribution >= 0.6 is 11.3 Å². The lowest BCUT2D eigenvalue weighted by Crippen LogP contribution is -2.21. The third-order valence-electron chi connectivity index (χ3n) is 2.31. The van der Waals surface area contributed by atoms with E-state index in [0.717, 1.165) is 5.69 Å². The molecule has 2 aromatic rings. The lowest BCUT2D eigenvalue weighted by Gasteiger charge is -2.22. The summed E-state index contributed by atoms with van der Waals surface area (Å²) < 4.78 is 0. The summed E-state index contributed by atoms with van der Waals surface area (Å²) in [5.74, 6) is 0. The Balaban J connectivity index is 2.37. The van der Waals surface area contributed by atoms with E-state index < -0.39 is 0 Å². The number of hydrogen-bond acceptors (Lipinski definition) is 3. The molecule has 0 amide bonds. The molecule has 1 atom stereocenters. The van der Waals surface area contributed by atoms with Gasteiger partial charge in [0.1, 0.15) is 0 Å². The fraction of sp³-hybridized carbons (Fsp3) is 0.250. The fourth-order valence-corrected chi connectivity index (χ4v) is 2.25. The first-order valence-electron chi connectivity index (χ1n) is 4.79. The monoisotopic (exact) mass is 217 g/mol. The summed E-state index contributed by atoms with van der Waals surface area (Å²) in [7, 11) is 4.14. The van der Waals surface area contributed by atoms with Gasteiger partial charge in [0.25, 0.3) is 0 Å². The Morgan fingerprint density at radius 1 is 1.33 bits per heavy atom. The molecule has 15 heavy (non-hydrogen) atoms. The Bertz CT molecular complexity index is 395. The van der Waals surface area contributed by atoms with Crippen LogP contribution in [0.15, 0.2) is 35.2 Å². The molecule has 2 nitrogen and oxygen atoms in total. The van der Waals surface area contributed by atoms with E-state index in [1.54, 1.807) is 11.3 Å². The van der Waals surface area contributed by atoms with Gasteiger partial charge in [-0.2, -0.15) is 0 Å². The van der Waals surface area contributed by atoms with Crippen LogP contribution in [0.4, 0.5) is 0 Å². The molecule has 0 spiro atoms. The zero-order chi connectivity index (χ0) is 10.7. The van der Waals surface area contributed by atoms with Crippen LogP contribution in [0, 0.1) is 6.07 Å². The number of benzene rings is 1. The minimum Gasteiger partial charge on any atom is -0.297 e. The van der Waals surface area contributed by atoms with E-state index in [-0.39, 0.29) is 6.04 Å². The average Bonchev–Trinajstić information content (AvgIpc) is 2.72. The van der Waals surface area contributed by atoms with E-state index in [2.05, 4.69) is 47.6 Å². The molecule has 0 N–H and O–H groups in total. The molecule has 0 aliphatic carbocycles. The molecule has 2 rings (SSSR count). The van der Waals surface area contributed by atoms with Crippen molar-refractivity contribution in [1.29, 1.82) is 0 Å². The van der Waals surface area contributed by atoms with E-state index in [9.17, 15) is 0 Å². The summed E-state index contributed by atoms with van der Waals surface area (Å²) >= 11 is 1.63. The van der Waals surface area contributed by atoms with Crippen molar-refractivity contribution >= 4 is 11.3 Å². The Kier molecular flexibility index (Phi) is 3.14. The van der Waals surface area contributed by atoms with Gasteiger partial charge in [-0.3, -0.25) is 4.90 Å². The van der Waals surface area contributed by atoms with Gasteiger partial charge in [-0.15, -0.1) is 11.3 Å². The highest BCUT2D eigenvalue weighted by atomic mass is 32.1. The smallest absolute Gasteiger partial charge is 0.0795 e. The lowest BCUT2D eigenvalue weighted by molar-refractivity contribution is 0.337. The maximum atomic E-state index is 4.38. The van der Waals surface area contributed by atoms with Gasteiger partial charge >= 0.3 is 0 Å². The first-order chi connectivity index (χ1) is 7.29. The quantitative estimate of drug-likeness (QED) is 0.785. The molecular formula is C12H13N2S. The van der Waals surface area contributed by atoms with E-state index in [1.165, 1.54) is 5.56 Å². The summed E-state index contributed by atoms with van der Waals surface area (Å²) in [5, 5.41) is 2.10. The topological polar surface area (TPSA) is 16.1 Å². The molecular weight excluding hydrogens is 204 g/mol. The van der Waals surface area contributed by atoms with Crippen LogP contribution in [0.5, 0.6) is 0 Å². The SMILES string of the molecule is CN(C)C(c1cc[c]cc1)c1cscn1. The first kappa shape index (κ1) is 10.3. The Morgan fingerprint density at radius 3 is 2.60 bits per heavy atom. The third kappa shape index (κ3) is 2.25. The summed E-state index contributed by atoms with van der Waals surface area (Å²) in [6.45, 7) is 0. The van der Waals surface area contributed by atoms with Crippen LogP contribution in [0.3, 0.4) is 0 Å². The lowest BCUT2D eigenvalue weighted by atomic mass is 10.0. The van der Waals surface area contributed by atoms with Gasteiger partial charge in [0, 0.05) is 5.38 Å². The van der Waals surface area contributed by atoms with Gasteiger partial charge in [-0.1, -0.05) is 24.3 Å². The average molecular weight is 217 g/mol. The normalized spacial score (nSPS) is 13.0. The van der Waals surface area contributed by atoms with Crippen molar-refractivity contribution in [1.82, 2.24) is 9.88 Å². The minimum absolute atomic E-state index is 0.242. The second kappa shape index (κ2) is 4.55. The molecule has 0 saturated heterocycles. The van der Waals surface area contributed by atoms with Crippen LogP contribution in [-0.4, -0.2) is 24.0 Å². The second-order valence-corrected chi connectivity index (χ2v) is 4.33. The molecule has 3 heteroatoms. The zero-order valence-corrected chi connectivity index (χ0v) is 9.66. The van der Waals surface area contributed by atoms with Crippen molar-refractivity contribution < 1.29 is 0 Å². The predicted octanol–water partition coefficient (Wildman–Crippen LogP) is 2.59. The molecule has 0 bridgehead atoms. The highest BCUT2D eigenvalue weighted by Gasteiger charge is 2.17. The van der Waals surface area contributed by atoms with E-state index in [4.69, 9.17) is 0 Å². The molecule has 1 radical (unpaired) electrons. The van der Waals surface area contributed by atoms with Crippen molar-refractivity contribution in [2.24, 2.45) is 0 Å². The van der Waals surface area contributed by atoms with Gasteiger partial charge in [0.2, 0.25) is 0 Å². The summed E-state index contributed by atoms with van der Waals surface area (Å²) in [5.41, 5.74) is 4.24. The molecule has 1 unspecified atom stereocenters. The van der Waals surface area contributed by atoms with Crippen LogP contribution in [0.25, 0.3) is 0 Å². The molecule has 0 aliphatic rings. The molecule has 0 aliphatic heterocycles. The predicted molar refractivity (Wildman–Crippen MR) is 62.9 cm³/mol. The van der Waals surface area contributed by atoms with Gasteiger partial charge in [-0.25, -0.2) is 4.98 Å². The Hall–Kier alpha value is -1.19. The Labute approximate surface area is 94.2 Å². The maximum absolute atomic E-state index is 4.38. The summed E-state index contributed by atoms with van der Waals surface area (Å²) in [6, 6.07) is 11.3. The van der Waals surface area contributed by atoms with E-state index in [0.29, 0.717) is 0 Å². The molecule has 77 valence electrons. The fourth-order valence-electron chi connectivity index (χ4n) is 1.67.